The van der Waals surface area contributed by atoms with E-state index in [0.29, 0.717) is 23.8 Å². The number of phenolic OH excluding ortho intramolecular Hbond substituents is 1. The molecule has 3 rings (SSSR count). The third-order valence-corrected chi connectivity index (χ3v) is 4.63. The number of hydrogen-bond donors (Lipinski definition) is 2. The number of rotatable bonds is 2. The number of fused-ring (bicyclic) bond motifs is 1. The molecule has 2 fully saturated rings. The highest BCUT2D eigenvalue weighted by molar-refractivity contribution is 5.52. The third-order valence-electron chi connectivity index (χ3n) is 4.63. The normalized spacial score (nSPS) is 32.7. The van der Waals surface area contributed by atoms with Crippen LogP contribution in [0.3, 0.4) is 0 Å². The molecule has 0 radical (unpaired) electrons. The lowest BCUT2D eigenvalue weighted by Crippen LogP contribution is -2.63. The Balaban J connectivity index is 1.78. The summed E-state index contributed by atoms with van der Waals surface area (Å²) in [5.74, 6) is 0.972. The van der Waals surface area contributed by atoms with Gasteiger partial charge in [-0.2, -0.15) is 0 Å². The first-order valence-corrected chi connectivity index (χ1v) is 6.68. The molecule has 0 spiro atoms. The van der Waals surface area contributed by atoms with Crippen molar-refractivity contribution in [3.8, 4) is 5.75 Å². The van der Waals surface area contributed by atoms with Crippen molar-refractivity contribution in [3.63, 3.8) is 0 Å². The van der Waals surface area contributed by atoms with Gasteiger partial charge in [0.25, 0.3) is 0 Å². The van der Waals surface area contributed by atoms with Crippen LogP contribution in [-0.2, 0) is 4.74 Å². The van der Waals surface area contributed by atoms with Crippen LogP contribution in [0.15, 0.2) is 18.2 Å². The quantitative estimate of drug-likeness (QED) is 0.844. The molecule has 3 nitrogen and oxygen atoms in total. The van der Waals surface area contributed by atoms with Crippen molar-refractivity contribution in [2.45, 2.75) is 39.3 Å². The van der Waals surface area contributed by atoms with Crippen LogP contribution in [0.1, 0.15) is 25.8 Å². The van der Waals surface area contributed by atoms with Crippen molar-refractivity contribution in [1.29, 1.82) is 0 Å². The van der Waals surface area contributed by atoms with Gasteiger partial charge < -0.3 is 15.2 Å². The highest BCUT2D eigenvalue weighted by Crippen LogP contribution is 2.53. The van der Waals surface area contributed by atoms with Gasteiger partial charge in [-0.1, -0.05) is 19.9 Å². The van der Waals surface area contributed by atoms with Gasteiger partial charge in [0.15, 0.2) is 0 Å². The van der Waals surface area contributed by atoms with Gasteiger partial charge in [0.1, 0.15) is 5.75 Å². The first kappa shape index (κ1) is 11.8. The lowest BCUT2D eigenvalue weighted by Gasteiger charge is -2.55. The molecule has 1 aliphatic carbocycles. The Bertz CT molecular complexity index is 470. The molecule has 0 amide bonds. The molecule has 3 unspecified atom stereocenters. The summed E-state index contributed by atoms with van der Waals surface area (Å²) in [7, 11) is 0. The van der Waals surface area contributed by atoms with Crippen LogP contribution in [0.25, 0.3) is 0 Å². The summed E-state index contributed by atoms with van der Waals surface area (Å²) in [6.45, 7) is 7.31. The largest absolute Gasteiger partial charge is 0.508 e. The third kappa shape index (κ3) is 1.61. The van der Waals surface area contributed by atoms with E-state index in [1.54, 1.807) is 0 Å². The van der Waals surface area contributed by atoms with Crippen LogP contribution in [0.5, 0.6) is 5.75 Å². The van der Waals surface area contributed by atoms with E-state index in [9.17, 15) is 5.11 Å². The highest BCUT2D eigenvalue weighted by Gasteiger charge is 2.59. The summed E-state index contributed by atoms with van der Waals surface area (Å²) >= 11 is 0. The van der Waals surface area contributed by atoms with E-state index in [4.69, 9.17) is 4.74 Å². The fourth-order valence-electron chi connectivity index (χ4n) is 3.50. The number of benzene rings is 1. The molecule has 2 aliphatic rings. The zero-order chi connectivity index (χ0) is 12.9. The van der Waals surface area contributed by atoms with E-state index in [2.05, 4.69) is 19.2 Å². The molecule has 1 aromatic rings. The van der Waals surface area contributed by atoms with Gasteiger partial charge in [-0.25, -0.2) is 0 Å². The van der Waals surface area contributed by atoms with E-state index in [0.717, 1.165) is 24.3 Å². The highest BCUT2D eigenvalue weighted by atomic mass is 16.5. The van der Waals surface area contributed by atoms with Crippen LogP contribution in [0.4, 0.5) is 5.69 Å². The zero-order valence-electron chi connectivity index (χ0n) is 11.2. The van der Waals surface area contributed by atoms with E-state index < -0.39 is 0 Å². The lowest BCUT2D eigenvalue weighted by atomic mass is 9.57. The second kappa shape index (κ2) is 3.89. The van der Waals surface area contributed by atoms with Crippen molar-refractivity contribution in [3.05, 3.63) is 23.8 Å². The minimum Gasteiger partial charge on any atom is -0.508 e. The Morgan fingerprint density at radius 1 is 1.39 bits per heavy atom. The van der Waals surface area contributed by atoms with Crippen LogP contribution in [0, 0.1) is 18.3 Å². The molecule has 1 aromatic carbocycles. The fourth-order valence-corrected chi connectivity index (χ4v) is 3.50. The molecule has 3 heteroatoms. The van der Waals surface area contributed by atoms with Crippen molar-refractivity contribution >= 4 is 5.69 Å². The minimum atomic E-state index is 0.168. The van der Waals surface area contributed by atoms with Crippen molar-refractivity contribution in [2.75, 3.05) is 11.9 Å². The van der Waals surface area contributed by atoms with E-state index in [1.807, 2.05) is 25.1 Å². The van der Waals surface area contributed by atoms with Gasteiger partial charge in [-0.05, 0) is 25.0 Å². The van der Waals surface area contributed by atoms with E-state index in [1.165, 1.54) is 0 Å². The molecule has 18 heavy (non-hydrogen) atoms. The Kier molecular flexibility index (Phi) is 2.56. The molecule has 0 aromatic heterocycles. The molecule has 3 atom stereocenters. The van der Waals surface area contributed by atoms with Gasteiger partial charge >= 0.3 is 0 Å². The standard InChI is InChI=1S/C15H21NO2/c1-9-4-5-10(8-12(9)17)16-13-11-6-7-18-14(11)15(13,2)3/h4-5,8,11,13-14,16-17H,6-7H2,1-3H3. The number of aromatic hydroxyl groups is 1. The molecule has 1 saturated heterocycles. The minimum absolute atomic E-state index is 0.168. The molecule has 1 saturated carbocycles. The predicted octanol–water partition coefficient (Wildman–Crippen LogP) is 2.93. The summed E-state index contributed by atoms with van der Waals surface area (Å²) in [6, 6.07) is 6.24. The predicted molar refractivity (Wildman–Crippen MR) is 71.9 cm³/mol. The maximum atomic E-state index is 9.76. The van der Waals surface area contributed by atoms with Crippen molar-refractivity contribution in [2.24, 2.45) is 11.3 Å². The monoisotopic (exact) mass is 247 g/mol. The topological polar surface area (TPSA) is 41.5 Å². The summed E-state index contributed by atoms with van der Waals surface area (Å²) < 4.78 is 5.79. The number of ether oxygens (including phenoxy) is 1. The lowest BCUT2D eigenvalue weighted by molar-refractivity contribution is -0.0923. The zero-order valence-corrected chi connectivity index (χ0v) is 11.2. The van der Waals surface area contributed by atoms with Crippen LogP contribution in [-0.4, -0.2) is 23.9 Å². The number of anilines is 1. The van der Waals surface area contributed by atoms with Gasteiger partial charge in [-0.15, -0.1) is 0 Å². The number of hydrogen-bond acceptors (Lipinski definition) is 3. The Morgan fingerprint density at radius 3 is 2.89 bits per heavy atom. The van der Waals surface area contributed by atoms with E-state index in [-0.39, 0.29) is 5.41 Å². The van der Waals surface area contributed by atoms with Gasteiger partial charge in [0.05, 0.1) is 6.10 Å². The molecular weight excluding hydrogens is 226 g/mol. The summed E-state index contributed by atoms with van der Waals surface area (Å²) in [5.41, 5.74) is 2.08. The Labute approximate surface area is 108 Å². The Hall–Kier alpha value is -1.22. The maximum Gasteiger partial charge on any atom is 0.120 e. The van der Waals surface area contributed by atoms with Gasteiger partial charge in [0, 0.05) is 35.7 Å². The smallest absolute Gasteiger partial charge is 0.120 e. The average molecular weight is 247 g/mol. The molecule has 1 heterocycles. The summed E-state index contributed by atoms with van der Waals surface area (Å²) in [4.78, 5) is 0. The fraction of sp³-hybridized carbons (Fsp3) is 0.600. The second-order valence-corrected chi connectivity index (χ2v) is 6.19. The molecule has 1 aliphatic heterocycles. The number of phenols is 1. The van der Waals surface area contributed by atoms with Gasteiger partial charge in [-0.3, -0.25) is 0 Å². The van der Waals surface area contributed by atoms with Crippen molar-refractivity contribution in [1.82, 2.24) is 0 Å². The summed E-state index contributed by atoms with van der Waals surface area (Å²) in [6.07, 6.45) is 1.54. The Morgan fingerprint density at radius 2 is 2.17 bits per heavy atom. The molecule has 0 bridgehead atoms. The second-order valence-electron chi connectivity index (χ2n) is 6.19. The SMILES string of the molecule is Cc1ccc(NC2C3CCOC3C2(C)C)cc1O. The van der Waals surface area contributed by atoms with E-state index >= 15 is 0 Å². The average Bonchev–Trinajstić information content (AvgIpc) is 2.77. The maximum absolute atomic E-state index is 9.76. The number of aryl methyl sites for hydroxylation is 1. The summed E-state index contributed by atoms with van der Waals surface area (Å²) in [5, 5.41) is 13.3. The van der Waals surface area contributed by atoms with Crippen molar-refractivity contribution < 1.29 is 9.84 Å². The van der Waals surface area contributed by atoms with Gasteiger partial charge in [0.2, 0.25) is 0 Å². The molecular formula is C15H21NO2. The molecule has 98 valence electrons. The number of nitrogens with one attached hydrogen (secondary N) is 1. The first-order chi connectivity index (χ1) is 8.50. The van der Waals surface area contributed by atoms with Crippen LogP contribution >= 0.6 is 0 Å². The van der Waals surface area contributed by atoms with Crippen LogP contribution < -0.4 is 5.32 Å². The van der Waals surface area contributed by atoms with Crippen LogP contribution in [0.2, 0.25) is 0 Å². The first-order valence-electron chi connectivity index (χ1n) is 6.68. The molecule has 2 N–H and O–H groups in total.